The fraction of sp³-hybridized carbons (Fsp3) is 0.533. The van der Waals surface area contributed by atoms with Crippen molar-refractivity contribution < 1.29 is 9.60 Å². The number of halogens is 1. The quantitative estimate of drug-likeness (QED) is 0.377. The Morgan fingerprint density at radius 2 is 2.25 bits per heavy atom. The van der Waals surface area contributed by atoms with Crippen LogP contribution >= 0.6 is 0 Å². The number of nitrogens with two attached hydrogens (primary N) is 1. The number of hydrogen-bond acceptors (Lipinski definition) is 3. The van der Waals surface area contributed by atoms with E-state index in [2.05, 4.69) is 10.1 Å². The first-order chi connectivity index (χ1) is 9.44. The second-order valence-electron chi connectivity index (χ2n) is 5.98. The summed E-state index contributed by atoms with van der Waals surface area (Å²) in [7, 11) is 0. The van der Waals surface area contributed by atoms with Crippen molar-refractivity contribution in [2.75, 3.05) is 18.0 Å². The third-order valence-electron chi connectivity index (χ3n) is 4.07. The summed E-state index contributed by atoms with van der Waals surface area (Å²) in [6.07, 6.45) is 2.71. The van der Waals surface area contributed by atoms with Crippen molar-refractivity contribution in [2.45, 2.75) is 33.1 Å². The summed E-state index contributed by atoms with van der Waals surface area (Å²) in [6.45, 7) is 5.71. The van der Waals surface area contributed by atoms with E-state index in [1.807, 2.05) is 19.9 Å². The van der Waals surface area contributed by atoms with E-state index in [-0.39, 0.29) is 17.1 Å². The normalized spacial score (nSPS) is 15.6. The summed E-state index contributed by atoms with van der Waals surface area (Å²) >= 11 is 0. The first kappa shape index (κ1) is 14.6. The van der Waals surface area contributed by atoms with Gasteiger partial charge in [-0.05, 0) is 37.0 Å². The van der Waals surface area contributed by atoms with E-state index in [4.69, 9.17) is 10.9 Å². The van der Waals surface area contributed by atoms with Crippen LogP contribution in [0, 0.1) is 11.2 Å². The van der Waals surface area contributed by atoms with Crippen LogP contribution in [0.5, 0.6) is 0 Å². The summed E-state index contributed by atoms with van der Waals surface area (Å²) in [4.78, 5) is 2.21. The van der Waals surface area contributed by atoms with E-state index in [9.17, 15) is 4.39 Å². The second-order valence-corrected chi connectivity index (χ2v) is 5.98. The van der Waals surface area contributed by atoms with Gasteiger partial charge in [-0.1, -0.05) is 25.1 Å². The third kappa shape index (κ3) is 3.03. The second kappa shape index (κ2) is 5.69. The average molecular weight is 279 g/mol. The molecule has 1 aliphatic heterocycles. The topological polar surface area (TPSA) is 61.8 Å². The van der Waals surface area contributed by atoms with Crippen LogP contribution in [0.1, 0.15) is 32.3 Å². The van der Waals surface area contributed by atoms with E-state index >= 15 is 0 Å². The maximum Gasteiger partial charge on any atom is 0.144 e. The average Bonchev–Trinajstić information content (AvgIpc) is 2.80. The Kier molecular flexibility index (Phi) is 4.16. The highest BCUT2D eigenvalue weighted by atomic mass is 19.1. The van der Waals surface area contributed by atoms with Gasteiger partial charge in [0, 0.05) is 24.2 Å². The Labute approximate surface area is 119 Å². The Morgan fingerprint density at radius 3 is 2.95 bits per heavy atom. The van der Waals surface area contributed by atoms with Gasteiger partial charge in [-0.2, -0.15) is 0 Å². The van der Waals surface area contributed by atoms with Gasteiger partial charge in [0.2, 0.25) is 0 Å². The van der Waals surface area contributed by atoms with Crippen molar-refractivity contribution in [1.82, 2.24) is 0 Å². The molecule has 0 amide bonds. The van der Waals surface area contributed by atoms with Crippen molar-refractivity contribution in [2.24, 2.45) is 16.3 Å². The van der Waals surface area contributed by atoms with Gasteiger partial charge in [-0.15, -0.1) is 0 Å². The number of benzene rings is 1. The lowest BCUT2D eigenvalue weighted by Crippen LogP contribution is -2.33. The lowest BCUT2D eigenvalue weighted by Gasteiger charge is -2.25. The zero-order valence-electron chi connectivity index (χ0n) is 12.1. The molecule has 110 valence electrons. The fourth-order valence-corrected chi connectivity index (χ4v) is 2.63. The van der Waals surface area contributed by atoms with Crippen molar-refractivity contribution in [3.63, 3.8) is 0 Å². The molecule has 0 atom stereocenters. The predicted molar refractivity (Wildman–Crippen MR) is 78.7 cm³/mol. The molecule has 2 rings (SSSR count). The highest BCUT2D eigenvalue weighted by molar-refractivity contribution is 5.85. The molecule has 1 aromatic rings. The molecule has 0 aromatic heterocycles. The zero-order valence-corrected chi connectivity index (χ0v) is 12.1. The van der Waals surface area contributed by atoms with Crippen molar-refractivity contribution in [1.29, 1.82) is 0 Å². The van der Waals surface area contributed by atoms with Gasteiger partial charge in [0.15, 0.2) is 0 Å². The van der Waals surface area contributed by atoms with E-state index in [0.717, 1.165) is 38.0 Å². The number of oxime groups is 1. The van der Waals surface area contributed by atoms with Crippen molar-refractivity contribution >= 4 is 11.5 Å². The van der Waals surface area contributed by atoms with Crippen LogP contribution in [0.15, 0.2) is 23.4 Å². The van der Waals surface area contributed by atoms with Crippen LogP contribution in [-0.4, -0.2) is 24.1 Å². The van der Waals surface area contributed by atoms with Crippen LogP contribution in [0.2, 0.25) is 0 Å². The molecule has 3 N–H and O–H groups in total. The van der Waals surface area contributed by atoms with E-state index in [0.29, 0.717) is 0 Å². The van der Waals surface area contributed by atoms with Crippen molar-refractivity contribution in [3.05, 3.63) is 29.6 Å². The first-order valence-electron chi connectivity index (χ1n) is 6.95. The summed E-state index contributed by atoms with van der Waals surface area (Å²) in [5.41, 5.74) is 7.57. The molecule has 0 radical (unpaired) electrons. The summed E-state index contributed by atoms with van der Waals surface area (Å²) < 4.78 is 13.3. The standard InChI is InChI=1S/C15H22FN3O/c1-15(2,14(17)18-20)7-3-8-19-9-6-11-4-5-12(16)10-13(11)19/h4-5,10,20H,3,6-9H2,1-2H3,(H2,17,18). The molecule has 0 saturated carbocycles. The van der Waals surface area contributed by atoms with Gasteiger partial charge in [0.05, 0.1) is 0 Å². The van der Waals surface area contributed by atoms with E-state index in [1.54, 1.807) is 6.07 Å². The molecular weight excluding hydrogens is 257 g/mol. The van der Waals surface area contributed by atoms with Crippen LogP contribution < -0.4 is 10.6 Å². The largest absolute Gasteiger partial charge is 0.409 e. The van der Waals surface area contributed by atoms with Gasteiger partial charge in [0.25, 0.3) is 0 Å². The van der Waals surface area contributed by atoms with E-state index < -0.39 is 0 Å². The van der Waals surface area contributed by atoms with Crippen molar-refractivity contribution in [3.8, 4) is 0 Å². The lowest BCUT2D eigenvalue weighted by molar-refractivity contribution is 0.304. The molecule has 0 aliphatic carbocycles. The predicted octanol–water partition coefficient (Wildman–Crippen LogP) is 2.74. The monoisotopic (exact) mass is 279 g/mol. The fourth-order valence-electron chi connectivity index (χ4n) is 2.63. The minimum atomic E-state index is -0.320. The molecule has 0 fully saturated rings. The number of hydrogen-bond donors (Lipinski definition) is 2. The molecular formula is C15H22FN3O. The van der Waals surface area contributed by atoms with Gasteiger partial charge in [0.1, 0.15) is 11.7 Å². The number of nitrogens with zero attached hydrogens (tertiary/aromatic N) is 2. The van der Waals surface area contributed by atoms with Gasteiger partial charge in [-0.25, -0.2) is 4.39 Å². The summed E-state index contributed by atoms with van der Waals surface area (Å²) in [5.74, 6) is 0.0676. The molecule has 0 unspecified atom stereocenters. The molecule has 0 bridgehead atoms. The number of rotatable bonds is 5. The highest BCUT2D eigenvalue weighted by Gasteiger charge is 2.24. The Hall–Kier alpha value is -1.78. The van der Waals surface area contributed by atoms with Crippen LogP contribution in [0.4, 0.5) is 10.1 Å². The van der Waals surface area contributed by atoms with Gasteiger partial charge in [-0.3, -0.25) is 0 Å². The number of anilines is 1. The molecule has 4 nitrogen and oxygen atoms in total. The van der Waals surface area contributed by atoms with Gasteiger partial charge < -0.3 is 15.8 Å². The maximum atomic E-state index is 13.3. The van der Waals surface area contributed by atoms with Crippen LogP contribution in [0.25, 0.3) is 0 Å². The smallest absolute Gasteiger partial charge is 0.144 e. The Bertz CT molecular complexity index is 514. The van der Waals surface area contributed by atoms with E-state index in [1.165, 1.54) is 11.6 Å². The summed E-state index contributed by atoms with van der Waals surface area (Å²) in [5, 5.41) is 11.8. The molecule has 5 heteroatoms. The molecule has 1 heterocycles. The SMILES string of the molecule is CC(C)(CCCN1CCc2ccc(F)cc21)/C(N)=N/O. The Balaban J connectivity index is 1.93. The minimum Gasteiger partial charge on any atom is -0.409 e. The van der Waals surface area contributed by atoms with Crippen LogP contribution in [0.3, 0.4) is 0 Å². The highest BCUT2D eigenvalue weighted by Crippen LogP contribution is 2.30. The maximum absolute atomic E-state index is 13.3. The molecule has 0 spiro atoms. The lowest BCUT2D eigenvalue weighted by atomic mass is 9.86. The first-order valence-corrected chi connectivity index (χ1v) is 6.95. The minimum absolute atomic E-state index is 0.187. The molecule has 1 aliphatic rings. The van der Waals surface area contributed by atoms with Gasteiger partial charge >= 0.3 is 0 Å². The molecule has 0 saturated heterocycles. The Morgan fingerprint density at radius 1 is 1.50 bits per heavy atom. The number of amidine groups is 1. The molecule has 20 heavy (non-hydrogen) atoms. The number of fused-ring (bicyclic) bond motifs is 1. The summed E-state index contributed by atoms with van der Waals surface area (Å²) in [6, 6.07) is 4.99. The van der Waals surface area contributed by atoms with Crippen LogP contribution in [-0.2, 0) is 6.42 Å². The molecule has 1 aromatic carbocycles. The third-order valence-corrected chi connectivity index (χ3v) is 4.07. The zero-order chi connectivity index (χ0) is 14.8.